The van der Waals surface area contributed by atoms with E-state index in [4.69, 9.17) is 10.5 Å². The molecule has 3 heterocycles. The van der Waals surface area contributed by atoms with Gasteiger partial charge in [0.25, 0.3) is 5.24 Å². The van der Waals surface area contributed by atoms with Crippen LogP contribution in [-0.4, -0.2) is 68.2 Å². The number of hydrogen-bond donors (Lipinski definition) is 4. The van der Waals surface area contributed by atoms with Crippen molar-refractivity contribution in [2.45, 2.75) is 42.7 Å². The summed E-state index contributed by atoms with van der Waals surface area (Å²) in [6, 6.07) is 0. The number of thioether (sulfide) groups is 1. The molecule has 0 bridgehead atoms. The zero-order valence-electron chi connectivity index (χ0n) is 11.2. The van der Waals surface area contributed by atoms with E-state index in [0.29, 0.717) is 0 Å². The van der Waals surface area contributed by atoms with E-state index in [0.717, 1.165) is 11.8 Å². The summed E-state index contributed by atoms with van der Waals surface area (Å²) in [6.07, 6.45) is -2.18. The van der Waals surface area contributed by atoms with Crippen LogP contribution < -0.4 is 11.1 Å². The number of hydrogen-bond acceptors (Lipinski definition) is 8. The van der Waals surface area contributed by atoms with E-state index in [1.165, 1.54) is 4.90 Å². The Bertz CT molecular complexity index is 529. The summed E-state index contributed by atoms with van der Waals surface area (Å²) in [6.45, 7) is 1.29. The highest BCUT2D eigenvalue weighted by Gasteiger charge is 2.59. The first kappa shape index (κ1) is 14.6. The molecular weight excluding hydrogens is 300 g/mol. The third-order valence-corrected chi connectivity index (χ3v) is 5.04. The number of carbonyl (C=O) groups excluding carboxylic acids is 2. The van der Waals surface area contributed by atoms with Gasteiger partial charge in [-0.05, 0) is 18.7 Å². The van der Waals surface area contributed by atoms with E-state index in [2.05, 4.69) is 10.3 Å². The molecule has 0 aliphatic carbocycles. The average molecular weight is 316 g/mol. The number of guanidine groups is 1. The van der Waals surface area contributed by atoms with Gasteiger partial charge in [0, 0.05) is 6.42 Å². The molecular formula is C11H16N4O5S. The van der Waals surface area contributed by atoms with Crippen LogP contribution in [0.1, 0.15) is 13.3 Å². The number of aliphatic hydroxyl groups excluding tert-OH is 2. The Hall–Kier alpha value is -1.36. The molecule has 0 aromatic heterocycles. The van der Waals surface area contributed by atoms with Crippen LogP contribution in [0.25, 0.3) is 0 Å². The van der Waals surface area contributed by atoms with E-state index in [-0.39, 0.29) is 19.0 Å². The first-order chi connectivity index (χ1) is 9.86. The molecule has 2 fully saturated rings. The number of nitrogens with one attached hydrogen (secondary N) is 1. The Morgan fingerprint density at radius 3 is 2.95 bits per heavy atom. The molecule has 0 aromatic carbocycles. The highest BCUT2D eigenvalue weighted by atomic mass is 32.2. The van der Waals surface area contributed by atoms with E-state index >= 15 is 0 Å². The Labute approximate surface area is 124 Å². The molecule has 5 atom stereocenters. The molecule has 3 rings (SSSR count). The number of rotatable bonds is 2. The van der Waals surface area contributed by atoms with Crippen molar-refractivity contribution in [2.24, 2.45) is 10.7 Å². The third kappa shape index (κ3) is 2.09. The summed E-state index contributed by atoms with van der Waals surface area (Å²) in [5.41, 5.74) is 4.20. The third-order valence-electron chi connectivity index (χ3n) is 3.93. The van der Waals surface area contributed by atoms with Crippen LogP contribution in [0, 0.1) is 0 Å². The summed E-state index contributed by atoms with van der Waals surface area (Å²) in [7, 11) is 0. The minimum Gasteiger partial charge on any atom is -0.394 e. The van der Waals surface area contributed by atoms with Crippen molar-refractivity contribution in [1.29, 1.82) is 0 Å². The van der Waals surface area contributed by atoms with Crippen molar-refractivity contribution in [3.8, 4) is 0 Å². The zero-order chi connectivity index (χ0) is 15.4. The van der Waals surface area contributed by atoms with Crippen molar-refractivity contribution >= 4 is 28.9 Å². The molecule has 9 nitrogen and oxygen atoms in total. The van der Waals surface area contributed by atoms with Crippen LogP contribution in [0.2, 0.25) is 0 Å². The summed E-state index contributed by atoms with van der Waals surface area (Å²) in [5.74, 6) is -0.473. The quantitative estimate of drug-likeness (QED) is 0.469. The fraction of sp³-hybridized carbons (Fsp3) is 0.727. The Kier molecular flexibility index (Phi) is 3.35. The molecule has 0 radical (unpaired) electrons. The number of fused-ring (bicyclic) bond motifs is 1. The highest BCUT2D eigenvalue weighted by Crippen LogP contribution is 2.44. The normalized spacial score (nSPS) is 42.8. The number of aliphatic imine (C=N–C) groups is 1. The standard InChI is InChI=1S/C11H16N4O5S/c1-11(5(17)2-4(3-16)20-11)15-7-6(21-10(15)19)8(18)14-9(12)13-7/h4-7,16-17H,2-3H2,1H3,(H3,12,13,14,18)/t4-,5+,6?,7?,11+/m0/s1. The summed E-state index contributed by atoms with van der Waals surface area (Å²) >= 11 is 0.823. The van der Waals surface area contributed by atoms with Crippen LogP contribution in [0.15, 0.2) is 4.99 Å². The number of amides is 2. The molecule has 2 saturated heterocycles. The maximum absolute atomic E-state index is 12.3. The van der Waals surface area contributed by atoms with Crippen LogP contribution in [0.3, 0.4) is 0 Å². The molecule has 21 heavy (non-hydrogen) atoms. The molecule has 10 heteroatoms. The smallest absolute Gasteiger partial charge is 0.286 e. The van der Waals surface area contributed by atoms with Gasteiger partial charge in [0.1, 0.15) is 11.4 Å². The first-order valence-corrected chi connectivity index (χ1v) is 7.35. The predicted octanol–water partition coefficient (Wildman–Crippen LogP) is -1.85. The maximum atomic E-state index is 12.3. The van der Waals surface area contributed by atoms with E-state index < -0.39 is 40.5 Å². The summed E-state index contributed by atoms with van der Waals surface area (Å²) in [4.78, 5) is 29.5. The lowest BCUT2D eigenvalue weighted by molar-refractivity contribution is -0.163. The SMILES string of the molecule is C[C@@]1(N2C(=O)SC3C(=O)NC(N)=NC32)O[C@H](CO)C[C@H]1O. The minimum absolute atomic E-state index is 0.0728. The van der Waals surface area contributed by atoms with Gasteiger partial charge in [0.15, 0.2) is 17.9 Å². The van der Waals surface area contributed by atoms with Crippen molar-refractivity contribution < 1.29 is 24.5 Å². The second-order valence-electron chi connectivity index (χ2n) is 5.32. The van der Waals surface area contributed by atoms with Gasteiger partial charge in [0.2, 0.25) is 5.91 Å². The first-order valence-electron chi connectivity index (χ1n) is 6.47. The Morgan fingerprint density at radius 2 is 2.33 bits per heavy atom. The van der Waals surface area contributed by atoms with Gasteiger partial charge in [-0.3, -0.25) is 19.8 Å². The van der Waals surface area contributed by atoms with Crippen LogP contribution in [-0.2, 0) is 9.53 Å². The van der Waals surface area contributed by atoms with Gasteiger partial charge in [0.05, 0.1) is 12.7 Å². The van der Waals surface area contributed by atoms with Gasteiger partial charge in [-0.1, -0.05) is 0 Å². The summed E-state index contributed by atoms with van der Waals surface area (Å²) in [5, 5.41) is 20.6. The number of carbonyl (C=O) groups is 2. The molecule has 116 valence electrons. The fourth-order valence-electron chi connectivity index (χ4n) is 2.86. The number of aliphatic hydroxyl groups is 2. The van der Waals surface area contributed by atoms with Crippen LogP contribution in [0.5, 0.6) is 0 Å². The van der Waals surface area contributed by atoms with Gasteiger partial charge in [-0.2, -0.15) is 0 Å². The summed E-state index contributed by atoms with van der Waals surface area (Å²) < 4.78 is 5.63. The Balaban J connectivity index is 1.96. The van der Waals surface area contributed by atoms with Crippen molar-refractivity contribution in [3.63, 3.8) is 0 Å². The maximum Gasteiger partial charge on any atom is 0.286 e. The molecule has 0 spiro atoms. The zero-order valence-corrected chi connectivity index (χ0v) is 12.0. The van der Waals surface area contributed by atoms with Crippen molar-refractivity contribution in [1.82, 2.24) is 10.2 Å². The molecule has 3 aliphatic heterocycles. The predicted molar refractivity (Wildman–Crippen MR) is 73.2 cm³/mol. The molecule has 5 N–H and O–H groups in total. The van der Waals surface area contributed by atoms with Gasteiger partial charge < -0.3 is 20.7 Å². The van der Waals surface area contributed by atoms with E-state index in [1.807, 2.05) is 0 Å². The second kappa shape index (κ2) is 4.83. The lowest BCUT2D eigenvalue weighted by Gasteiger charge is -2.40. The minimum atomic E-state index is -1.35. The van der Waals surface area contributed by atoms with Crippen molar-refractivity contribution in [2.75, 3.05) is 6.61 Å². The fourth-order valence-corrected chi connectivity index (χ4v) is 3.95. The molecule has 2 unspecified atom stereocenters. The lowest BCUT2D eigenvalue weighted by Crippen LogP contribution is -2.61. The number of ether oxygens (including phenoxy) is 1. The lowest BCUT2D eigenvalue weighted by atomic mass is 10.0. The molecule has 0 aromatic rings. The highest BCUT2D eigenvalue weighted by molar-refractivity contribution is 8.15. The van der Waals surface area contributed by atoms with Crippen molar-refractivity contribution in [3.05, 3.63) is 0 Å². The van der Waals surface area contributed by atoms with Gasteiger partial charge in [-0.15, -0.1) is 0 Å². The molecule has 3 aliphatic rings. The average Bonchev–Trinajstić information content (AvgIpc) is 2.88. The van der Waals surface area contributed by atoms with Crippen LogP contribution in [0.4, 0.5) is 4.79 Å². The molecule has 0 saturated carbocycles. The Morgan fingerprint density at radius 1 is 1.62 bits per heavy atom. The van der Waals surface area contributed by atoms with E-state index in [9.17, 15) is 19.8 Å². The number of nitrogens with two attached hydrogens (primary N) is 1. The topological polar surface area (TPSA) is 137 Å². The van der Waals surface area contributed by atoms with Gasteiger partial charge >= 0.3 is 0 Å². The monoisotopic (exact) mass is 316 g/mol. The largest absolute Gasteiger partial charge is 0.394 e. The van der Waals surface area contributed by atoms with Crippen LogP contribution >= 0.6 is 11.8 Å². The molecule has 2 amide bonds. The number of nitrogens with zero attached hydrogens (tertiary/aromatic N) is 2. The second-order valence-corrected chi connectivity index (χ2v) is 6.41. The van der Waals surface area contributed by atoms with Gasteiger partial charge in [-0.25, -0.2) is 4.99 Å². The van der Waals surface area contributed by atoms with E-state index in [1.54, 1.807) is 6.92 Å².